The number of hydrogen-bond donors (Lipinski definition) is 1. The van der Waals surface area contributed by atoms with Gasteiger partial charge in [-0.25, -0.2) is 4.39 Å². The van der Waals surface area contributed by atoms with Crippen LogP contribution in [-0.4, -0.2) is 9.78 Å². The molecule has 0 aliphatic carbocycles. The minimum atomic E-state index is -0.359. The number of rotatable bonds is 1. The van der Waals surface area contributed by atoms with Crippen molar-refractivity contribution >= 4 is 5.69 Å². The van der Waals surface area contributed by atoms with Gasteiger partial charge in [0.05, 0.1) is 17.6 Å². The predicted molar refractivity (Wildman–Crippen MR) is 54.2 cm³/mol. The molecule has 2 rings (SSSR count). The summed E-state index contributed by atoms with van der Waals surface area (Å²) in [5.41, 5.74) is 5.85. The van der Waals surface area contributed by atoms with Crippen LogP contribution in [-0.2, 0) is 0 Å². The number of aromatic nitrogens is 2. The van der Waals surface area contributed by atoms with E-state index in [0.717, 1.165) is 4.68 Å². The molecule has 1 aromatic heterocycles. The average molecular weight is 205 g/mol. The van der Waals surface area contributed by atoms with E-state index in [1.807, 2.05) is 0 Å². The highest BCUT2D eigenvalue weighted by Gasteiger charge is 2.00. The van der Waals surface area contributed by atoms with Gasteiger partial charge in [0.1, 0.15) is 5.82 Å². The summed E-state index contributed by atoms with van der Waals surface area (Å²) in [6, 6.07) is 6.73. The van der Waals surface area contributed by atoms with E-state index in [1.54, 1.807) is 0 Å². The molecule has 0 atom stereocenters. The van der Waals surface area contributed by atoms with E-state index in [-0.39, 0.29) is 11.4 Å². The van der Waals surface area contributed by atoms with Crippen molar-refractivity contribution in [1.29, 1.82) is 0 Å². The predicted octanol–water partition coefficient (Wildman–Crippen LogP) is 0.954. The molecule has 0 aliphatic rings. The van der Waals surface area contributed by atoms with Crippen LogP contribution in [0.1, 0.15) is 0 Å². The summed E-state index contributed by atoms with van der Waals surface area (Å²) < 4.78 is 13.8. The number of benzene rings is 1. The number of nitrogen functional groups attached to an aromatic ring is 1. The topological polar surface area (TPSA) is 60.9 Å². The smallest absolute Gasteiger partial charge is 0.273 e. The van der Waals surface area contributed by atoms with E-state index in [2.05, 4.69) is 5.10 Å². The molecule has 2 aromatic rings. The average Bonchev–Trinajstić information content (AvgIpc) is 2.20. The number of halogens is 1. The molecule has 0 saturated heterocycles. The highest BCUT2D eigenvalue weighted by Crippen LogP contribution is 2.05. The molecule has 0 spiro atoms. The van der Waals surface area contributed by atoms with Gasteiger partial charge in [0.25, 0.3) is 5.56 Å². The van der Waals surface area contributed by atoms with Crippen LogP contribution in [0, 0.1) is 5.82 Å². The first-order valence-electron chi connectivity index (χ1n) is 4.27. The molecule has 0 unspecified atom stereocenters. The van der Waals surface area contributed by atoms with E-state index in [4.69, 9.17) is 5.73 Å². The first-order chi connectivity index (χ1) is 7.16. The summed E-state index contributed by atoms with van der Waals surface area (Å²) in [5.74, 6) is -0.359. The molecule has 1 aromatic carbocycles. The Morgan fingerprint density at radius 2 is 1.93 bits per heavy atom. The summed E-state index contributed by atoms with van der Waals surface area (Å²) in [4.78, 5) is 11.5. The van der Waals surface area contributed by atoms with Gasteiger partial charge in [0, 0.05) is 6.07 Å². The second-order valence-electron chi connectivity index (χ2n) is 3.02. The molecule has 5 heteroatoms. The zero-order valence-electron chi connectivity index (χ0n) is 7.72. The van der Waals surface area contributed by atoms with Gasteiger partial charge in [-0.2, -0.15) is 9.78 Å². The maximum atomic E-state index is 12.6. The molecular weight excluding hydrogens is 197 g/mol. The highest BCUT2D eigenvalue weighted by atomic mass is 19.1. The van der Waals surface area contributed by atoms with Crippen LogP contribution < -0.4 is 11.3 Å². The van der Waals surface area contributed by atoms with Crippen LogP contribution in [0.25, 0.3) is 5.69 Å². The van der Waals surface area contributed by atoms with Gasteiger partial charge in [-0.05, 0) is 24.3 Å². The summed E-state index contributed by atoms with van der Waals surface area (Å²) in [7, 11) is 0. The Morgan fingerprint density at radius 1 is 1.27 bits per heavy atom. The lowest BCUT2D eigenvalue weighted by molar-refractivity contribution is 0.626. The Balaban J connectivity index is 2.55. The maximum Gasteiger partial charge on any atom is 0.273 e. The van der Waals surface area contributed by atoms with Gasteiger partial charge in [-0.1, -0.05) is 0 Å². The normalized spacial score (nSPS) is 10.2. The van der Waals surface area contributed by atoms with Crippen molar-refractivity contribution in [2.45, 2.75) is 0 Å². The largest absolute Gasteiger partial charge is 0.397 e. The zero-order valence-corrected chi connectivity index (χ0v) is 7.72. The van der Waals surface area contributed by atoms with E-state index in [9.17, 15) is 9.18 Å². The third kappa shape index (κ3) is 1.85. The van der Waals surface area contributed by atoms with Crippen LogP contribution in [0.15, 0.2) is 41.3 Å². The van der Waals surface area contributed by atoms with Crippen LogP contribution in [0.5, 0.6) is 0 Å². The fourth-order valence-electron chi connectivity index (χ4n) is 1.20. The fraction of sp³-hybridized carbons (Fsp3) is 0. The van der Waals surface area contributed by atoms with Crippen molar-refractivity contribution in [3.8, 4) is 5.69 Å². The molecule has 4 nitrogen and oxygen atoms in total. The molecule has 0 bridgehead atoms. The monoisotopic (exact) mass is 205 g/mol. The van der Waals surface area contributed by atoms with Crippen LogP contribution in [0.4, 0.5) is 10.1 Å². The quantitative estimate of drug-likeness (QED) is 0.754. The molecule has 15 heavy (non-hydrogen) atoms. The van der Waals surface area contributed by atoms with Gasteiger partial charge in [-0.15, -0.1) is 0 Å². The summed E-state index contributed by atoms with van der Waals surface area (Å²) in [6.45, 7) is 0. The molecule has 2 N–H and O–H groups in total. The van der Waals surface area contributed by atoms with Crippen LogP contribution >= 0.6 is 0 Å². The lowest BCUT2D eigenvalue weighted by Gasteiger charge is -2.03. The van der Waals surface area contributed by atoms with E-state index in [1.165, 1.54) is 36.5 Å². The third-order valence-corrected chi connectivity index (χ3v) is 1.89. The Morgan fingerprint density at radius 3 is 2.53 bits per heavy atom. The first kappa shape index (κ1) is 9.39. The van der Waals surface area contributed by atoms with Gasteiger partial charge >= 0.3 is 0 Å². The number of anilines is 1. The molecule has 76 valence electrons. The lowest BCUT2D eigenvalue weighted by atomic mass is 10.3. The molecule has 0 amide bonds. The van der Waals surface area contributed by atoms with Crippen molar-refractivity contribution in [1.82, 2.24) is 9.78 Å². The standard InChI is InChI=1S/C10H8FN3O/c11-7-1-3-9(4-2-7)14-10(15)5-8(12)6-13-14/h1-6H,12H2. The van der Waals surface area contributed by atoms with E-state index < -0.39 is 0 Å². The van der Waals surface area contributed by atoms with Crippen molar-refractivity contribution in [2.75, 3.05) is 5.73 Å². The summed E-state index contributed by atoms with van der Waals surface area (Å²) in [5, 5.41) is 3.83. The molecule has 0 saturated carbocycles. The minimum absolute atomic E-state index is 0.304. The number of nitrogens with two attached hydrogens (primary N) is 1. The summed E-state index contributed by atoms with van der Waals surface area (Å²) >= 11 is 0. The highest BCUT2D eigenvalue weighted by molar-refractivity contribution is 5.35. The number of nitrogens with zero attached hydrogens (tertiary/aromatic N) is 2. The van der Waals surface area contributed by atoms with Crippen LogP contribution in [0.2, 0.25) is 0 Å². The molecule has 0 fully saturated rings. The fourth-order valence-corrected chi connectivity index (χ4v) is 1.20. The second-order valence-corrected chi connectivity index (χ2v) is 3.02. The summed E-state index contributed by atoms with van der Waals surface area (Å²) in [6.07, 6.45) is 1.37. The zero-order chi connectivity index (χ0) is 10.8. The van der Waals surface area contributed by atoms with Crippen LogP contribution in [0.3, 0.4) is 0 Å². The van der Waals surface area contributed by atoms with E-state index >= 15 is 0 Å². The molecular formula is C10H8FN3O. The molecule has 0 aliphatic heterocycles. The Bertz CT molecular complexity index is 533. The van der Waals surface area contributed by atoms with Gasteiger partial charge in [-0.3, -0.25) is 4.79 Å². The van der Waals surface area contributed by atoms with Crippen molar-refractivity contribution in [3.63, 3.8) is 0 Å². The van der Waals surface area contributed by atoms with Crippen molar-refractivity contribution < 1.29 is 4.39 Å². The van der Waals surface area contributed by atoms with Gasteiger partial charge in [0.2, 0.25) is 0 Å². The molecule has 0 radical (unpaired) electrons. The van der Waals surface area contributed by atoms with Gasteiger partial charge < -0.3 is 5.73 Å². The first-order valence-corrected chi connectivity index (χ1v) is 4.27. The Labute approximate surface area is 84.8 Å². The van der Waals surface area contributed by atoms with E-state index in [0.29, 0.717) is 11.4 Å². The second kappa shape index (κ2) is 3.53. The van der Waals surface area contributed by atoms with Crippen molar-refractivity contribution in [3.05, 3.63) is 52.7 Å². The maximum absolute atomic E-state index is 12.6. The minimum Gasteiger partial charge on any atom is -0.397 e. The molecule has 1 heterocycles. The Kier molecular flexibility index (Phi) is 2.21. The Hall–Kier alpha value is -2.17. The third-order valence-electron chi connectivity index (χ3n) is 1.89. The number of hydrogen-bond acceptors (Lipinski definition) is 3. The van der Waals surface area contributed by atoms with Gasteiger partial charge in [0.15, 0.2) is 0 Å². The lowest BCUT2D eigenvalue weighted by Crippen LogP contribution is -2.20. The SMILES string of the molecule is Nc1cnn(-c2ccc(F)cc2)c(=O)c1. The van der Waals surface area contributed by atoms with Crippen molar-refractivity contribution in [2.24, 2.45) is 0 Å².